The molecule has 0 heterocycles. The Balaban J connectivity index is 3.34. The van der Waals surface area contributed by atoms with Crippen molar-refractivity contribution < 1.29 is 14.7 Å². The van der Waals surface area contributed by atoms with Crippen LogP contribution < -0.4 is 5.73 Å². The first kappa shape index (κ1) is 11.0. The van der Waals surface area contributed by atoms with E-state index in [0.717, 1.165) is 0 Å². The number of benzene rings is 1. The lowest BCUT2D eigenvalue weighted by molar-refractivity contribution is -0.132. The molecule has 0 aliphatic heterocycles. The molecule has 4 heteroatoms. The third-order valence-corrected chi connectivity index (χ3v) is 2.00. The number of primary amides is 1. The Morgan fingerprint density at radius 2 is 1.73 bits per heavy atom. The molecule has 0 atom stereocenters. The van der Waals surface area contributed by atoms with Crippen molar-refractivity contribution in [2.75, 3.05) is 0 Å². The van der Waals surface area contributed by atoms with Crippen molar-refractivity contribution in [1.82, 2.24) is 0 Å². The van der Waals surface area contributed by atoms with Gasteiger partial charge in [-0.05, 0) is 12.5 Å². The van der Waals surface area contributed by atoms with Crippen LogP contribution >= 0.6 is 0 Å². The van der Waals surface area contributed by atoms with E-state index in [1.807, 2.05) is 0 Å². The molecule has 78 valence electrons. The van der Waals surface area contributed by atoms with Crippen LogP contribution in [0.5, 0.6) is 0 Å². The number of rotatable bonds is 3. The molecule has 1 aromatic carbocycles. The first-order chi connectivity index (χ1) is 7.04. The van der Waals surface area contributed by atoms with Crippen molar-refractivity contribution in [2.45, 2.75) is 6.92 Å². The van der Waals surface area contributed by atoms with Crippen LogP contribution in [0.4, 0.5) is 0 Å². The maximum absolute atomic E-state index is 11.1. The summed E-state index contributed by atoms with van der Waals surface area (Å²) in [6.07, 6.45) is 0. The fraction of sp³-hybridized carbons (Fsp3) is 0.0909. The molecule has 0 spiro atoms. The van der Waals surface area contributed by atoms with Gasteiger partial charge in [-0.1, -0.05) is 30.3 Å². The van der Waals surface area contributed by atoms with Gasteiger partial charge < -0.3 is 10.8 Å². The minimum Gasteiger partial charge on any atom is -0.478 e. The molecule has 0 saturated carbocycles. The fourth-order valence-electron chi connectivity index (χ4n) is 1.26. The Bertz CT molecular complexity index is 421. The van der Waals surface area contributed by atoms with E-state index in [2.05, 4.69) is 0 Å². The van der Waals surface area contributed by atoms with Crippen LogP contribution in [0, 0.1) is 0 Å². The summed E-state index contributed by atoms with van der Waals surface area (Å²) in [5, 5.41) is 8.80. The van der Waals surface area contributed by atoms with Crippen LogP contribution in [-0.2, 0) is 9.59 Å². The summed E-state index contributed by atoms with van der Waals surface area (Å²) in [6.45, 7) is 1.36. The van der Waals surface area contributed by atoms with E-state index in [0.29, 0.717) is 5.56 Å². The molecule has 0 radical (unpaired) electrons. The van der Waals surface area contributed by atoms with E-state index in [9.17, 15) is 9.59 Å². The van der Waals surface area contributed by atoms with Crippen molar-refractivity contribution in [2.24, 2.45) is 5.73 Å². The molecule has 0 bridgehead atoms. The lowest BCUT2D eigenvalue weighted by Gasteiger charge is -2.05. The summed E-state index contributed by atoms with van der Waals surface area (Å²) in [6, 6.07) is 8.50. The number of hydrogen-bond acceptors (Lipinski definition) is 2. The topological polar surface area (TPSA) is 80.4 Å². The van der Waals surface area contributed by atoms with Crippen molar-refractivity contribution in [3.8, 4) is 0 Å². The van der Waals surface area contributed by atoms with Gasteiger partial charge in [-0.2, -0.15) is 0 Å². The number of carbonyl (C=O) groups excluding carboxylic acids is 1. The maximum atomic E-state index is 11.1. The predicted octanol–water partition coefficient (Wildman–Crippen LogP) is 1.03. The number of carboxylic acids is 1. The van der Waals surface area contributed by atoms with Crippen LogP contribution in [0.1, 0.15) is 12.5 Å². The highest BCUT2D eigenvalue weighted by Gasteiger charge is 2.15. The molecular formula is C11H11NO3. The number of aliphatic carboxylic acids is 1. The lowest BCUT2D eigenvalue weighted by atomic mass is 10.0. The van der Waals surface area contributed by atoms with E-state index < -0.39 is 11.9 Å². The summed E-state index contributed by atoms with van der Waals surface area (Å²) in [5.74, 6) is -1.88. The maximum Gasteiger partial charge on any atom is 0.332 e. The van der Waals surface area contributed by atoms with Crippen LogP contribution in [0.15, 0.2) is 35.9 Å². The van der Waals surface area contributed by atoms with E-state index in [4.69, 9.17) is 10.8 Å². The summed E-state index contributed by atoms with van der Waals surface area (Å²) in [4.78, 5) is 21.9. The molecule has 0 aliphatic carbocycles. The zero-order chi connectivity index (χ0) is 11.4. The van der Waals surface area contributed by atoms with Gasteiger partial charge in [0.15, 0.2) is 0 Å². The van der Waals surface area contributed by atoms with Gasteiger partial charge in [0.1, 0.15) is 0 Å². The zero-order valence-corrected chi connectivity index (χ0v) is 8.23. The second-order valence-corrected chi connectivity index (χ2v) is 3.04. The zero-order valence-electron chi connectivity index (χ0n) is 8.23. The minimum atomic E-state index is -1.15. The molecule has 0 unspecified atom stereocenters. The molecule has 15 heavy (non-hydrogen) atoms. The van der Waals surface area contributed by atoms with Crippen molar-refractivity contribution >= 4 is 17.4 Å². The molecule has 4 nitrogen and oxygen atoms in total. The van der Waals surface area contributed by atoms with Gasteiger partial charge in [0.25, 0.3) is 0 Å². The Morgan fingerprint density at radius 1 is 1.20 bits per heavy atom. The van der Waals surface area contributed by atoms with Gasteiger partial charge in [-0.25, -0.2) is 4.79 Å². The van der Waals surface area contributed by atoms with E-state index in [-0.39, 0.29) is 11.1 Å². The fourth-order valence-corrected chi connectivity index (χ4v) is 1.26. The highest BCUT2D eigenvalue weighted by Crippen LogP contribution is 2.18. The second-order valence-electron chi connectivity index (χ2n) is 3.04. The minimum absolute atomic E-state index is 0.0445. The Labute approximate surface area is 87.0 Å². The number of hydrogen-bond donors (Lipinski definition) is 2. The van der Waals surface area contributed by atoms with E-state index >= 15 is 0 Å². The van der Waals surface area contributed by atoms with Crippen molar-refractivity contribution in [3.63, 3.8) is 0 Å². The van der Waals surface area contributed by atoms with Gasteiger partial charge >= 0.3 is 5.97 Å². The van der Waals surface area contributed by atoms with Crippen molar-refractivity contribution in [3.05, 3.63) is 41.5 Å². The van der Waals surface area contributed by atoms with Crippen LogP contribution in [-0.4, -0.2) is 17.0 Å². The van der Waals surface area contributed by atoms with Gasteiger partial charge in [0, 0.05) is 5.57 Å². The molecular weight excluding hydrogens is 194 g/mol. The Morgan fingerprint density at radius 3 is 2.13 bits per heavy atom. The lowest BCUT2D eigenvalue weighted by Crippen LogP contribution is -2.16. The normalized spacial score (nSPS) is 11.8. The monoisotopic (exact) mass is 205 g/mol. The van der Waals surface area contributed by atoms with Crippen LogP contribution in [0.25, 0.3) is 5.57 Å². The first-order valence-corrected chi connectivity index (χ1v) is 4.33. The third-order valence-electron chi connectivity index (χ3n) is 2.00. The van der Waals surface area contributed by atoms with Crippen molar-refractivity contribution in [1.29, 1.82) is 0 Å². The molecule has 3 N–H and O–H groups in total. The van der Waals surface area contributed by atoms with Gasteiger partial charge in [-0.3, -0.25) is 4.79 Å². The predicted molar refractivity (Wildman–Crippen MR) is 55.9 cm³/mol. The summed E-state index contributed by atoms with van der Waals surface area (Å²) >= 11 is 0. The highest BCUT2D eigenvalue weighted by molar-refractivity contribution is 6.24. The van der Waals surface area contributed by atoms with Crippen LogP contribution in [0.3, 0.4) is 0 Å². The van der Waals surface area contributed by atoms with Gasteiger partial charge in [0.05, 0.1) is 5.57 Å². The average molecular weight is 205 g/mol. The summed E-state index contributed by atoms with van der Waals surface area (Å²) in [5.41, 5.74) is 5.66. The second kappa shape index (κ2) is 4.41. The number of amides is 1. The molecule has 0 aliphatic rings. The average Bonchev–Trinajstić information content (AvgIpc) is 2.18. The quantitative estimate of drug-likeness (QED) is 0.723. The largest absolute Gasteiger partial charge is 0.478 e. The SMILES string of the molecule is C/C(C(=O)O)=C(/C(N)=O)c1ccccc1. The van der Waals surface area contributed by atoms with E-state index in [1.165, 1.54) is 6.92 Å². The number of carboxylic acid groups (broad SMARTS) is 1. The van der Waals surface area contributed by atoms with E-state index in [1.54, 1.807) is 30.3 Å². The number of carbonyl (C=O) groups is 2. The van der Waals surface area contributed by atoms with Gasteiger partial charge in [0.2, 0.25) is 5.91 Å². The molecule has 1 aromatic rings. The summed E-state index contributed by atoms with van der Waals surface area (Å²) in [7, 11) is 0. The highest BCUT2D eigenvalue weighted by atomic mass is 16.4. The van der Waals surface area contributed by atoms with Crippen LogP contribution in [0.2, 0.25) is 0 Å². The standard InChI is InChI=1S/C11H11NO3/c1-7(11(14)15)9(10(12)13)8-5-3-2-4-6-8/h2-6H,1H3,(H2,12,13)(H,14,15)/b9-7-. The summed E-state index contributed by atoms with van der Waals surface area (Å²) < 4.78 is 0. The van der Waals surface area contributed by atoms with Gasteiger partial charge in [-0.15, -0.1) is 0 Å². The third kappa shape index (κ3) is 2.43. The molecule has 0 fully saturated rings. The Hall–Kier alpha value is -2.10. The molecule has 1 rings (SSSR count). The smallest absolute Gasteiger partial charge is 0.332 e. The molecule has 0 saturated heterocycles. The number of nitrogens with two attached hydrogens (primary N) is 1. The molecule has 1 amide bonds. The Kier molecular flexibility index (Phi) is 3.23. The first-order valence-electron chi connectivity index (χ1n) is 4.33. The molecule has 0 aromatic heterocycles.